The molecule has 0 aliphatic rings. The van der Waals surface area contributed by atoms with E-state index in [-0.39, 0.29) is 23.0 Å². The molecule has 0 saturated heterocycles. The molecule has 0 heterocycles. The van der Waals surface area contributed by atoms with Gasteiger partial charge in [0.1, 0.15) is 0 Å². The van der Waals surface area contributed by atoms with Crippen molar-refractivity contribution in [2.45, 2.75) is 20.3 Å². The Balaban J connectivity index is 3.76. The lowest BCUT2D eigenvalue weighted by Crippen LogP contribution is -2.11. The molecule has 0 saturated carbocycles. The lowest BCUT2D eigenvalue weighted by Gasteiger charge is -1.98. The van der Waals surface area contributed by atoms with Crippen molar-refractivity contribution in [1.29, 1.82) is 0 Å². The number of thioether (sulfide) groups is 1. The molecule has 0 aromatic carbocycles. The Kier molecular flexibility index (Phi) is 5.57. The van der Waals surface area contributed by atoms with E-state index in [0.717, 1.165) is 0 Å². The molecule has 72 valence electrons. The monoisotopic (exact) mass is 210 g/mol. The zero-order chi connectivity index (χ0) is 9.61. The van der Waals surface area contributed by atoms with Gasteiger partial charge in [-0.1, -0.05) is 25.6 Å². The smallest absolute Gasteiger partial charge is 0.189 e. The molecule has 0 radical (unpaired) electrons. The summed E-state index contributed by atoms with van der Waals surface area (Å²) >= 11 is 1.18. The van der Waals surface area contributed by atoms with Crippen LogP contribution in [-0.2, 0) is 14.6 Å². The van der Waals surface area contributed by atoms with E-state index in [1.165, 1.54) is 11.8 Å². The van der Waals surface area contributed by atoms with Crippen LogP contribution in [0.1, 0.15) is 20.3 Å². The first kappa shape index (κ1) is 12.0. The highest BCUT2D eigenvalue weighted by Crippen LogP contribution is 2.05. The quantitative estimate of drug-likeness (QED) is 0.681. The first-order chi connectivity index (χ1) is 5.52. The van der Waals surface area contributed by atoms with Gasteiger partial charge >= 0.3 is 0 Å². The van der Waals surface area contributed by atoms with Crippen molar-refractivity contribution in [3.8, 4) is 0 Å². The maximum Gasteiger partial charge on any atom is 0.189 e. The van der Waals surface area contributed by atoms with Gasteiger partial charge in [-0.3, -0.25) is 4.79 Å². The van der Waals surface area contributed by atoms with Crippen LogP contribution < -0.4 is 0 Å². The minimum absolute atomic E-state index is 0.00463. The first-order valence-corrected chi connectivity index (χ1v) is 6.68. The Morgan fingerprint density at radius 2 is 1.92 bits per heavy atom. The number of hydrogen-bond acceptors (Lipinski definition) is 4. The fourth-order valence-corrected chi connectivity index (χ4v) is 2.10. The molecule has 12 heavy (non-hydrogen) atoms. The SMILES string of the molecule is CCSC(=O)CCS(=O)(=O)CC. The molecule has 0 aliphatic heterocycles. The summed E-state index contributed by atoms with van der Waals surface area (Å²) in [7, 11) is -2.97. The van der Waals surface area contributed by atoms with Gasteiger partial charge in [-0.05, 0) is 5.75 Å². The van der Waals surface area contributed by atoms with Crippen molar-refractivity contribution in [3.63, 3.8) is 0 Å². The molecule has 0 fully saturated rings. The van der Waals surface area contributed by atoms with E-state index in [2.05, 4.69) is 0 Å². The molecule has 0 spiro atoms. The summed E-state index contributed by atoms with van der Waals surface area (Å²) < 4.78 is 21.9. The molecular weight excluding hydrogens is 196 g/mol. The lowest BCUT2D eigenvalue weighted by atomic mass is 10.5. The zero-order valence-corrected chi connectivity index (χ0v) is 9.00. The number of carbonyl (C=O) groups excluding carboxylic acids is 1. The first-order valence-electron chi connectivity index (χ1n) is 3.88. The number of sulfone groups is 1. The van der Waals surface area contributed by atoms with Crippen LogP contribution in [0.4, 0.5) is 0 Å². The zero-order valence-electron chi connectivity index (χ0n) is 7.37. The predicted octanol–water partition coefficient (Wildman–Crippen LogP) is 1.09. The maximum absolute atomic E-state index is 10.9. The third-order valence-corrected chi connectivity index (χ3v) is 3.88. The van der Waals surface area contributed by atoms with Gasteiger partial charge in [0.05, 0.1) is 5.75 Å². The Morgan fingerprint density at radius 1 is 1.33 bits per heavy atom. The molecular formula is C7H14O3S2. The van der Waals surface area contributed by atoms with Crippen molar-refractivity contribution in [3.05, 3.63) is 0 Å². The van der Waals surface area contributed by atoms with Crippen molar-refractivity contribution >= 4 is 26.7 Å². The van der Waals surface area contributed by atoms with Crippen LogP contribution in [0.15, 0.2) is 0 Å². The number of hydrogen-bond donors (Lipinski definition) is 0. The van der Waals surface area contributed by atoms with Gasteiger partial charge in [0.15, 0.2) is 15.0 Å². The van der Waals surface area contributed by atoms with Gasteiger partial charge in [-0.25, -0.2) is 8.42 Å². The molecule has 0 rings (SSSR count). The topological polar surface area (TPSA) is 51.2 Å². The molecule has 0 N–H and O–H groups in total. The molecule has 5 heteroatoms. The van der Waals surface area contributed by atoms with Crippen LogP contribution in [0.25, 0.3) is 0 Å². The maximum atomic E-state index is 10.9. The summed E-state index contributed by atoms with van der Waals surface area (Å²) in [5.41, 5.74) is 0. The summed E-state index contributed by atoms with van der Waals surface area (Å²) in [6.07, 6.45) is 0.147. The standard InChI is InChI=1S/C7H14O3S2/c1-3-11-7(8)5-6-12(9,10)4-2/h3-6H2,1-2H3. The minimum atomic E-state index is -2.97. The summed E-state index contributed by atoms with van der Waals surface area (Å²) in [4.78, 5) is 10.9. The molecule has 0 amide bonds. The third kappa shape index (κ3) is 5.60. The second-order valence-electron chi connectivity index (χ2n) is 2.29. The molecule has 0 bridgehead atoms. The Hall–Kier alpha value is -0.0300. The fraction of sp³-hybridized carbons (Fsp3) is 0.857. The molecule has 0 aliphatic carbocycles. The van der Waals surface area contributed by atoms with Gasteiger partial charge in [-0.2, -0.15) is 0 Å². The Labute approximate surface area is 77.8 Å². The molecule has 0 unspecified atom stereocenters. The lowest BCUT2D eigenvalue weighted by molar-refractivity contribution is -0.110. The summed E-state index contributed by atoms with van der Waals surface area (Å²) in [6, 6.07) is 0. The van der Waals surface area contributed by atoms with Gasteiger partial charge in [-0.15, -0.1) is 0 Å². The van der Waals surface area contributed by atoms with E-state index in [0.29, 0.717) is 5.75 Å². The van der Waals surface area contributed by atoms with E-state index < -0.39 is 9.84 Å². The van der Waals surface area contributed by atoms with Gasteiger partial charge < -0.3 is 0 Å². The molecule has 0 aromatic heterocycles. The van der Waals surface area contributed by atoms with Gasteiger partial charge in [0.2, 0.25) is 0 Å². The Bertz CT molecular complexity index is 231. The van der Waals surface area contributed by atoms with Crippen molar-refractivity contribution in [2.24, 2.45) is 0 Å². The van der Waals surface area contributed by atoms with Crippen LogP contribution in [0, 0.1) is 0 Å². The van der Waals surface area contributed by atoms with Crippen molar-refractivity contribution in [1.82, 2.24) is 0 Å². The highest BCUT2D eigenvalue weighted by molar-refractivity contribution is 8.13. The second-order valence-corrected chi connectivity index (χ2v) is 6.09. The van der Waals surface area contributed by atoms with Crippen LogP contribution in [0.5, 0.6) is 0 Å². The highest BCUT2D eigenvalue weighted by atomic mass is 32.2. The largest absolute Gasteiger partial charge is 0.287 e. The molecule has 0 aromatic rings. The molecule has 3 nitrogen and oxygen atoms in total. The number of carbonyl (C=O) groups is 1. The van der Waals surface area contributed by atoms with E-state index in [1.54, 1.807) is 6.92 Å². The van der Waals surface area contributed by atoms with Gasteiger partial charge in [0.25, 0.3) is 0 Å². The van der Waals surface area contributed by atoms with E-state index in [1.807, 2.05) is 6.92 Å². The summed E-state index contributed by atoms with van der Waals surface area (Å²) in [5, 5.41) is -0.0328. The fourth-order valence-electron chi connectivity index (χ4n) is 0.616. The normalized spacial score (nSPS) is 11.5. The van der Waals surface area contributed by atoms with Gasteiger partial charge in [0, 0.05) is 12.2 Å². The third-order valence-electron chi connectivity index (χ3n) is 1.36. The van der Waals surface area contributed by atoms with E-state index >= 15 is 0 Å². The number of rotatable bonds is 5. The summed E-state index contributed by atoms with van der Waals surface area (Å²) in [5.74, 6) is 0.831. The molecule has 0 atom stereocenters. The summed E-state index contributed by atoms with van der Waals surface area (Å²) in [6.45, 7) is 3.46. The average molecular weight is 210 g/mol. The predicted molar refractivity (Wildman–Crippen MR) is 52.1 cm³/mol. The van der Waals surface area contributed by atoms with Crippen molar-refractivity contribution < 1.29 is 13.2 Å². The minimum Gasteiger partial charge on any atom is -0.287 e. The second kappa shape index (κ2) is 5.59. The highest BCUT2D eigenvalue weighted by Gasteiger charge is 2.10. The van der Waals surface area contributed by atoms with Crippen LogP contribution >= 0.6 is 11.8 Å². The van der Waals surface area contributed by atoms with Crippen LogP contribution in [0.2, 0.25) is 0 Å². The van der Waals surface area contributed by atoms with Crippen LogP contribution in [0.3, 0.4) is 0 Å². The van der Waals surface area contributed by atoms with E-state index in [4.69, 9.17) is 0 Å². The van der Waals surface area contributed by atoms with Crippen molar-refractivity contribution in [2.75, 3.05) is 17.3 Å². The average Bonchev–Trinajstić information content (AvgIpc) is 2.02. The van der Waals surface area contributed by atoms with E-state index in [9.17, 15) is 13.2 Å². The van der Waals surface area contributed by atoms with Crippen LogP contribution in [-0.4, -0.2) is 30.8 Å². The Morgan fingerprint density at radius 3 is 2.33 bits per heavy atom.